The number of nitrogens with zero attached hydrogens (tertiary/aromatic N) is 2. The Hall–Kier alpha value is -3.29. The van der Waals surface area contributed by atoms with Gasteiger partial charge in [-0.05, 0) is 12.1 Å². The van der Waals surface area contributed by atoms with Crippen molar-refractivity contribution in [2.45, 2.75) is 0 Å². The predicted octanol–water partition coefficient (Wildman–Crippen LogP) is 2.50. The van der Waals surface area contributed by atoms with E-state index in [-0.39, 0.29) is 27.8 Å². The minimum absolute atomic E-state index is 0.164. The van der Waals surface area contributed by atoms with Gasteiger partial charge in [-0.1, -0.05) is 0 Å². The Kier molecular flexibility index (Phi) is 2.65. The minimum atomic E-state index is -0.574. The van der Waals surface area contributed by atoms with E-state index in [0.717, 1.165) is 0 Å². The van der Waals surface area contributed by atoms with Gasteiger partial charge in [0, 0.05) is 35.0 Å². The van der Waals surface area contributed by atoms with Crippen molar-refractivity contribution in [1.29, 1.82) is 0 Å². The van der Waals surface area contributed by atoms with Gasteiger partial charge in [0.05, 0.1) is 20.9 Å². The number of aromatic amines is 1. The van der Waals surface area contributed by atoms with Gasteiger partial charge in [0.25, 0.3) is 11.4 Å². The molecule has 1 heterocycles. The first-order chi connectivity index (χ1) is 9.97. The summed E-state index contributed by atoms with van der Waals surface area (Å²) in [4.78, 5) is 35.5. The predicted molar refractivity (Wildman–Crippen MR) is 75.4 cm³/mol. The van der Waals surface area contributed by atoms with Crippen molar-refractivity contribution >= 4 is 33.2 Å². The summed E-state index contributed by atoms with van der Waals surface area (Å²) in [6.45, 7) is 0. The molecule has 3 rings (SSSR count). The largest absolute Gasteiger partial charge is 0.354 e. The van der Waals surface area contributed by atoms with E-state index in [2.05, 4.69) is 4.98 Å². The van der Waals surface area contributed by atoms with Crippen molar-refractivity contribution in [1.82, 2.24) is 4.98 Å². The number of nitro groups is 2. The number of H-pyrrole nitrogens is 1. The summed E-state index contributed by atoms with van der Waals surface area (Å²) in [5, 5.41) is 22.1. The van der Waals surface area contributed by atoms with Gasteiger partial charge in [0.15, 0.2) is 5.43 Å². The van der Waals surface area contributed by atoms with Crippen LogP contribution in [0.25, 0.3) is 21.8 Å². The summed E-state index contributed by atoms with van der Waals surface area (Å²) in [6, 6.07) is 7.69. The number of rotatable bonds is 2. The summed E-state index contributed by atoms with van der Waals surface area (Å²) in [7, 11) is 0. The molecule has 8 nitrogen and oxygen atoms in total. The van der Waals surface area contributed by atoms with E-state index in [4.69, 9.17) is 0 Å². The summed E-state index contributed by atoms with van der Waals surface area (Å²) in [6.07, 6.45) is 0. The Morgan fingerprint density at radius 1 is 0.810 bits per heavy atom. The maximum absolute atomic E-state index is 12.3. The highest BCUT2D eigenvalue weighted by Crippen LogP contribution is 2.22. The molecule has 8 heteroatoms. The normalized spacial score (nSPS) is 10.9. The number of hydrogen-bond acceptors (Lipinski definition) is 5. The van der Waals surface area contributed by atoms with Crippen LogP contribution in [-0.2, 0) is 0 Å². The molecule has 3 aromatic rings. The van der Waals surface area contributed by atoms with E-state index in [9.17, 15) is 25.0 Å². The lowest BCUT2D eigenvalue weighted by atomic mass is 10.1. The first-order valence-corrected chi connectivity index (χ1v) is 5.86. The van der Waals surface area contributed by atoms with Crippen molar-refractivity contribution in [2.75, 3.05) is 0 Å². The lowest BCUT2D eigenvalue weighted by molar-refractivity contribution is -0.384. The fourth-order valence-electron chi connectivity index (χ4n) is 2.18. The van der Waals surface area contributed by atoms with Gasteiger partial charge < -0.3 is 4.98 Å². The lowest BCUT2D eigenvalue weighted by Gasteiger charge is -2.02. The second kappa shape index (κ2) is 4.37. The van der Waals surface area contributed by atoms with Gasteiger partial charge in [0.1, 0.15) is 0 Å². The van der Waals surface area contributed by atoms with Crippen LogP contribution < -0.4 is 5.43 Å². The molecule has 0 amide bonds. The number of nitro benzene ring substituents is 2. The molecule has 0 aliphatic rings. The summed E-state index contributed by atoms with van der Waals surface area (Å²) >= 11 is 0. The molecule has 0 saturated carbocycles. The molecule has 0 aliphatic heterocycles. The summed E-state index contributed by atoms with van der Waals surface area (Å²) < 4.78 is 0. The van der Waals surface area contributed by atoms with Crippen LogP contribution in [0.4, 0.5) is 11.4 Å². The van der Waals surface area contributed by atoms with Crippen LogP contribution in [0.5, 0.6) is 0 Å². The molecule has 0 unspecified atom stereocenters. The van der Waals surface area contributed by atoms with Gasteiger partial charge in [-0.3, -0.25) is 25.0 Å². The van der Waals surface area contributed by atoms with Gasteiger partial charge in [-0.2, -0.15) is 0 Å². The van der Waals surface area contributed by atoms with E-state index in [1.807, 2.05) is 0 Å². The molecule has 0 atom stereocenters. The summed E-state index contributed by atoms with van der Waals surface area (Å²) in [5.74, 6) is 0. The van der Waals surface area contributed by atoms with Crippen molar-refractivity contribution in [2.24, 2.45) is 0 Å². The van der Waals surface area contributed by atoms with Crippen molar-refractivity contribution < 1.29 is 9.85 Å². The topological polar surface area (TPSA) is 119 Å². The van der Waals surface area contributed by atoms with Crippen molar-refractivity contribution in [3.05, 3.63) is 66.9 Å². The molecule has 0 bridgehead atoms. The molecule has 0 radical (unpaired) electrons. The minimum Gasteiger partial charge on any atom is -0.354 e. The highest BCUT2D eigenvalue weighted by atomic mass is 16.6. The zero-order valence-corrected chi connectivity index (χ0v) is 10.4. The standard InChI is InChI=1S/C13H7N3O5/c17-13-9-3-1-7(15(18)19)5-11(9)14-12-6-8(16(20)21)2-4-10(12)13/h1-6H,(H,14,17). The molecule has 21 heavy (non-hydrogen) atoms. The quantitative estimate of drug-likeness (QED) is 0.440. The third-order valence-electron chi connectivity index (χ3n) is 3.19. The number of non-ortho nitro benzene ring substituents is 2. The van der Waals surface area contributed by atoms with Crippen LogP contribution in [0, 0.1) is 20.2 Å². The highest BCUT2D eigenvalue weighted by Gasteiger charge is 2.13. The number of pyridine rings is 1. The van der Waals surface area contributed by atoms with Crippen LogP contribution in [0.3, 0.4) is 0 Å². The Balaban J connectivity index is 2.40. The maximum atomic E-state index is 12.3. The first kappa shape index (κ1) is 12.7. The summed E-state index contributed by atoms with van der Waals surface area (Å²) in [5.41, 5.74) is -0.126. The number of nitrogens with one attached hydrogen (secondary N) is 1. The highest BCUT2D eigenvalue weighted by molar-refractivity contribution is 5.94. The molecule has 0 fully saturated rings. The van der Waals surface area contributed by atoms with E-state index < -0.39 is 9.85 Å². The SMILES string of the molecule is O=c1c2ccc([N+](=O)[O-])cc2[nH]c2cc([N+](=O)[O-])ccc12. The van der Waals surface area contributed by atoms with Gasteiger partial charge in [0.2, 0.25) is 0 Å². The number of aromatic nitrogens is 1. The maximum Gasteiger partial charge on any atom is 0.271 e. The Morgan fingerprint density at radius 2 is 1.24 bits per heavy atom. The molecule has 0 saturated heterocycles. The average molecular weight is 285 g/mol. The van der Waals surface area contributed by atoms with E-state index in [1.54, 1.807) is 0 Å². The molecule has 2 aromatic carbocycles. The van der Waals surface area contributed by atoms with E-state index in [0.29, 0.717) is 10.8 Å². The molecule has 104 valence electrons. The second-order valence-electron chi connectivity index (χ2n) is 4.43. The van der Waals surface area contributed by atoms with Gasteiger partial charge in [-0.15, -0.1) is 0 Å². The third-order valence-corrected chi connectivity index (χ3v) is 3.19. The Labute approximate surface area is 115 Å². The molecular weight excluding hydrogens is 278 g/mol. The first-order valence-electron chi connectivity index (χ1n) is 5.86. The van der Waals surface area contributed by atoms with Crippen molar-refractivity contribution in [3.63, 3.8) is 0 Å². The average Bonchev–Trinajstić information content (AvgIpc) is 2.46. The van der Waals surface area contributed by atoms with Crippen LogP contribution in [0.2, 0.25) is 0 Å². The fraction of sp³-hybridized carbons (Fsp3) is 0. The second-order valence-corrected chi connectivity index (χ2v) is 4.43. The number of hydrogen-bond donors (Lipinski definition) is 1. The monoisotopic (exact) mass is 285 g/mol. The van der Waals surface area contributed by atoms with Crippen LogP contribution in [0.1, 0.15) is 0 Å². The van der Waals surface area contributed by atoms with Crippen LogP contribution in [0.15, 0.2) is 41.2 Å². The van der Waals surface area contributed by atoms with Crippen LogP contribution in [-0.4, -0.2) is 14.8 Å². The fourth-order valence-corrected chi connectivity index (χ4v) is 2.18. The zero-order valence-electron chi connectivity index (χ0n) is 10.4. The smallest absolute Gasteiger partial charge is 0.271 e. The molecular formula is C13H7N3O5. The number of benzene rings is 2. The van der Waals surface area contributed by atoms with E-state index in [1.165, 1.54) is 36.4 Å². The molecule has 1 aromatic heterocycles. The Morgan fingerprint density at radius 3 is 1.62 bits per heavy atom. The van der Waals surface area contributed by atoms with Gasteiger partial charge >= 0.3 is 0 Å². The molecule has 1 N–H and O–H groups in total. The van der Waals surface area contributed by atoms with Crippen molar-refractivity contribution in [3.8, 4) is 0 Å². The number of fused-ring (bicyclic) bond motifs is 2. The van der Waals surface area contributed by atoms with Crippen LogP contribution >= 0.6 is 0 Å². The molecule has 0 spiro atoms. The zero-order chi connectivity index (χ0) is 15.1. The molecule has 0 aliphatic carbocycles. The van der Waals surface area contributed by atoms with Gasteiger partial charge in [-0.25, -0.2) is 0 Å². The lowest BCUT2D eigenvalue weighted by Crippen LogP contribution is -2.05. The Bertz CT molecular complexity index is 902. The third kappa shape index (κ3) is 1.98. The van der Waals surface area contributed by atoms with E-state index >= 15 is 0 Å².